The summed E-state index contributed by atoms with van der Waals surface area (Å²) in [6.07, 6.45) is 0.870. The van der Waals surface area contributed by atoms with Crippen molar-refractivity contribution in [1.29, 1.82) is 0 Å². The van der Waals surface area contributed by atoms with Crippen LogP contribution >= 0.6 is 0 Å². The van der Waals surface area contributed by atoms with Gasteiger partial charge >= 0.3 is 0 Å². The van der Waals surface area contributed by atoms with Gasteiger partial charge in [-0.1, -0.05) is 6.92 Å². The fourth-order valence-electron chi connectivity index (χ4n) is 0.804. The van der Waals surface area contributed by atoms with Crippen molar-refractivity contribution in [3.05, 3.63) is 0 Å². The molecule has 0 aromatic carbocycles. The van der Waals surface area contributed by atoms with Crippen LogP contribution in [-0.2, 0) is 4.74 Å². The van der Waals surface area contributed by atoms with Gasteiger partial charge in [0, 0.05) is 19.6 Å². The molecule has 0 aromatic rings. The van der Waals surface area contributed by atoms with Gasteiger partial charge in [0.25, 0.3) is 0 Å². The van der Waals surface area contributed by atoms with Gasteiger partial charge in [-0.3, -0.25) is 11.1 Å². The number of hydrogen-bond donors (Lipinski definition) is 1. The molecule has 0 aliphatic rings. The van der Waals surface area contributed by atoms with E-state index in [-0.39, 0.29) is 6.23 Å². The van der Waals surface area contributed by atoms with Crippen molar-refractivity contribution in [3.63, 3.8) is 0 Å². The lowest BCUT2D eigenvalue weighted by atomic mass is 10.4. The first-order valence-corrected chi connectivity index (χ1v) is 3.84. The third-order valence-electron chi connectivity index (χ3n) is 1.21. The van der Waals surface area contributed by atoms with Gasteiger partial charge in [-0.2, -0.15) is 0 Å². The molecule has 0 aliphatic carbocycles. The topological polar surface area (TPSA) is 45.1 Å². The SMILES string of the molecule is CCNC(CC[NH])OCC. The first-order chi connectivity index (χ1) is 4.85. The molecule has 1 atom stereocenters. The van der Waals surface area contributed by atoms with E-state index in [9.17, 15) is 0 Å². The molecule has 0 spiro atoms. The van der Waals surface area contributed by atoms with Crippen LogP contribution in [0.1, 0.15) is 20.3 Å². The van der Waals surface area contributed by atoms with Crippen LogP contribution < -0.4 is 11.1 Å². The highest BCUT2D eigenvalue weighted by atomic mass is 16.5. The highest BCUT2D eigenvalue weighted by molar-refractivity contribution is 4.53. The summed E-state index contributed by atoms with van der Waals surface area (Å²) < 4.78 is 5.29. The second-order valence-corrected chi connectivity index (χ2v) is 2.04. The summed E-state index contributed by atoms with van der Waals surface area (Å²) >= 11 is 0. The maximum Gasteiger partial charge on any atom is 0.109 e. The molecule has 0 saturated carbocycles. The molecule has 2 N–H and O–H groups in total. The van der Waals surface area contributed by atoms with Gasteiger partial charge in [-0.25, -0.2) is 0 Å². The summed E-state index contributed by atoms with van der Waals surface area (Å²) in [7, 11) is 0. The molecule has 0 amide bonds. The lowest BCUT2D eigenvalue weighted by Crippen LogP contribution is -2.32. The Morgan fingerprint density at radius 1 is 1.50 bits per heavy atom. The summed E-state index contributed by atoms with van der Waals surface area (Å²) in [4.78, 5) is 0. The molecule has 1 radical (unpaired) electrons. The Morgan fingerprint density at radius 3 is 2.60 bits per heavy atom. The summed E-state index contributed by atoms with van der Waals surface area (Å²) in [6, 6.07) is 0. The van der Waals surface area contributed by atoms with Gasteiger partial charge in [0.15, 0.2) is 0 Å². The molecule has 3 nitrogen and oxygen atoms in total. The summed E-state index contributed by atoms with van der Waals surface area (Å²) in [5, 5.41) is 3.14. The lowest BCUT2D eigenvalue weighted by molar-refractivity contribution is 0.0352. The van der Waals surface area contributed by atoms with Crippen LogP contribution in [0.3, 0.4) is 0 Å². The number of rotatable bonds is 6. The van der Waals surface area contributed by atoms with E-state index < -0.39 is 0 Å². The summed E-state index contributed by atoms with van der Waals surface area (Å²) in [5.41, 5.74) is 6.97. The Bertz CT molecular complexity index is 54.4. The van der Waals surface area contributed by atoms with Crippen LogP contribution in [0.5, 0.6) is 0 Å². The smallest absolute Gasteiger partial charge is 0.109 e. The molecule has 10 heavy (non-hydrogen) atoms. The molecule has 0 aliphatic heterocycles. The molecule has 0 fully saturated rings. The predicted octanol–water partition coefficient (Wildman–Crippen LogP) is 0.631. The van der Waals surface area contributed by atoms with E-state index in [1.54, 1.807) is 0 Å². The van der Waals surface area contributed by atoms with Gasteiger partial charge in [0.1, 0.15) is 6.23 Å². The van der Waals surface area contributed by atoms with E-state index in [1.165, 1.54) is 0 Å². The first kappa shape index (κ1) is 9.88. The van der Waals surface area contributed by atoms with Crippen LogP contribution in [0.4, 0.5) is 0 Å². The van der Waals surface area contributed by atoms with Crippen LogP contribution in [0, 0.1) is 0 Å². The average molecular weight is 145 g/mol. The first-order valence-electron chi connectivity index (χ1n) is 3.84. The number of hydrogen-bond acceptors (Lipinski definition) is 2. The zero-order chi connectivity index (χ0) is 7.82. The highest BCUT2D eigenvalue weighted by Gasteiger charge is 2.02. The normalized spacial score (nSPS) is 13.5. The third kappa shape index (κ3) is 4.73. The fourth-order valence-corrected chi connectivity index (χ4v) is 0.804. The Kier molecular flexibility index (Phi) is 6.91. The Labute approximate surface area is 62.9 Å². The van der Waals surface area contributed by atoms with E-state index in [0.29, 0.717) is 6.54 Å². The van der Waals surface area contributed by atoms with E-state index in [1.807, 2.05) is 13.8 Å². The zero-order valence-corrected chi connectivity index (χ0v) is 6.81. The predicted molar refractivity (Wildman–Crippen MR) is 41.7 cm³/mol. The monoisotopic (exact) mass is 145 g/mol. The molecule has 61 valence electrons. The van der Waals surface area contributed by atoms with E-state index in [4.69, 9.17) is 10.5 Å². The zero-order valence-electron chi connectivity index (χ0n) is 6.81. The van der Waals surface area contributed by atoms with Crippen molar-refractivity contribution in [2.45, 2.75) is 26.5 Å². The van der Waals surface area contributed by atoms with E-state index >= 15 is 0 Å². The molecule has 1 unspecified atom stereocenters. The Morgan fingerprint density at radius 2 is 2.20 bits per heavy atom. The average Bonchev–Trinajstić information content (AvgIpc) is 1.90. The maximum atomic E-state index is 6.97. The number of ether oxygens (including phenoxy) is 1. The highest BCUT2D eigenvalue weighted by Crippen LogP contribution is 1.91. The van der Waals surface area contributed by atoms with Crippen molar-refractivity contribution in [2.24, 2.45) is 0 Å². The maximum absolute atomic E-state index is 6.97. The number of nitrogens with one attached hydrogen (secondary N) is 2. The minimum atomic E-state index is 0.0903. The quantitative estimate of drug-likeness (QED) is 0.557. The minimum absolute atomic E-state index is 0.0903. The van der Waals surface area contributed by atoms with Crippen LogP contribution in [0.15, 0.2) is 0 Å². The van der Waals surface area contributed by atoms with Gasteiger partial charge in [-0.15, -0.1) is 0 Å². The van der Waals surface area contributed by atoms with E-state index in [2.05, 4.69) is 5.32 Å². The molecule has 0 heterocycles. The van der Waals surface area contributed by atoms with Gasteiger partial charge in [0.05, 0.1) is 0 Å². The van der Waals surface area contributed by atoms with Crippen molar-refractivity contribution in [2.75, 3.05) is 19.7 Å². The largest absolute Gasteiger partial charge is 0.364 e. The summed E-state index contributed by atoms with van der Waals surface area (Å²) in [5.74, 6) is 0. The van der Waals surface area contributed by atoms with E-state index in [0.717, 1.165) is 19.6 Å². The van der Waals surface area contributed by atoms with Crippen LogP contribution in [-0.4, -0.2) is 25.9 Å². The Hall–Kier alpha value is -0.120. The fraction of sp³-hybridized carbons (Fsp3) is 1.00. The molecule has 0 bridgehead atoms. The molecule has 0 rings (SSSR count). The molecule has 0 saturated heterocycles. The Balaban J connectivity index is 3.30. The molecular weight excluding hydrogens is 128 g/mol. The van der Waals surface area contributed by atoms with Gasteiger partial charge in [-0.05, 0) is 13.5 Å². The molecular formula is C7H17N2O. The second kappa shape index (κ2) is 6.99. The standard InChI is InChI=1S/C7H17N2O/c1-3-9-7(5-6-8)10-4-2/h7-9H,3-6H2,1-2H3. The van der Waals surface area contributed by atoms with Crippen molar-refractivity contribution < 1.29 is 4.74 Å². The lowest BCUT2D eigenvalue weighted by Gasteiger charge is -2.15. The third-order valence-corrected chi connectivity index (χ3v) is 1.21. The van der Waals surface area contributed by atoms with Crippen molar-refractivity contribution >= 4 is 0 Å². The summed E-state index contributed by atoms with van der Waals surface area (Å²) in [6.45, 7) is 6.06. The van der Waals surface area contributed by atoms with Crippen LogP contribution in [0.2, 0.25) is 0 Å². The molecule has 3 heteroatoms. The van der Waals surface area contributed by atoms with Gasteiger partial charge < -0.3 is 4.74 Å². The minimum Gasteiger partial charge on any atom is -0.364 e. The second-order valence-electron chi connectivity index (χ2n) is 2.04. The van der Waals surface area contributed by atoms with Gasteiger partial charge in [0.2, 0.25) is 0 Å². The van der Waals surface area contributed by atoms with Crippen molar-refractivity contribution in [1.82, 2.24) is 11.1 Å². The molecule has 0 aromatic heterocycles. The van der Waals surface area contributed by atoms with Crippen molar-refractivity contribution in [3.8, 4) is 0 Å². The van der Waals surface area contributed by atoms with Crippen LogP contribution in [0.25, 0.3) is 0 Å².